The molecule has 2 rings (SSSR count). The third-order valence-corrected chi connectivity index (χ3v) is 3.41. The van der Waals surface area contributed by atoms with Crippen molar-refractivity contribution in [2.45, 2.75) is 33.2 Å². The fourth-order valence-corrected chi connectivity index (χ4v) is 2.24. The first-order valence-corrected chi connectivity index (χ1v) is 7.04. The molecule has 1 unspecified atom stereocenters. The number of furan rings is 1. The van der Waals surface area contributed by atoms with Crippen molar-refractivity contribution in [3.05, 3.63) is 63.1 Å². The van der Waals surface area contributed by atoms with Crippen LogP contribution in [0.3, 0.4) is 0 Å². The summed E-state index contributed by atoms with van der Waals surface area (Å²) in [6.07, 6.45) is 0.623. The number of aryl methyl sites for hydroxylation is 2. The number of carbonyl (C=O) groups excluding carboxylic acids is 1. The molecule has 1 N–H and O–H groups in total. The minimum absolute atomic E-state index is 0.0618. The second-order valence-corrected chi connectivity index (χ2v) is 5.16. The Labute approximate surface area is 128 Å². The van der Waals surface area contributed by atoms with Crippen LogP contribution in [0.2, 0.25) is 0 Å². The highest BCUT2D eigenvalue weighted by Gasteiger charge is 2.23. The van der Waals surface area contributed by atoms with E-state index in [4.69, 9.17) is 4.42 Å². The third-order valence-electron chi connectivity index (χ3n) is 3.41. The number of hydrogen-bond acceptors (Lipinski definition) is 4. The van der Waals surface area contributed by atoms with Gasteiger partial charge in [0, 0.05) is 6.07 Å². The normalized spacial score (nSPS) is 12.0. The first kappa shape index (κ1) is 15.8. The Bertz CT molecular complexity index is 706. The highest BCUT2D eigenvalue weighted by Crippen LogP contribution is 2.23. The summed E-state index contributed by atoms with van der Waals surface area (Å²) in [5.74, 6) is 0.921. The van der Waals surface area contributed by atoms with Crippen LogP contribution in [0.15, 0.2) is 34.7 Å². The molecule has 6 heteroatoms. The van der Waals surface area contributed by atoms with Gasteiger partial charge in [0.15, 0.2) is 0 Å². The maximum atomic E-state index is 12.4. The van der Waals surface area contributed by atoms with Gasteiger partial charge in [0.25, 0.3) is 11.6 Å². The van der Waals surface area contributed by atoms with E-state index in [-0.39, 0.29) is 17.3 Å². The van der Waals surface area contributed by atoms with E-state index in [1.807, 2.05) is 19.9 Å². The van der Waals surface area contributed by atoms with Gasteiger partial charge in [0.1, 0.15) is 17.1 Å². The van der Waals surface area contributed by atoms with Crippen molar-refractivity contribution in [2.24, 2.45) is 0 Å². The van der Waals surface area contributed by atoms with Gasteiger partial charge in [-0.1, -0.05) is 13.0 Å². The summed E-state index contributed by atoms with van der Waals surface area (Å²) in [4.78, 5) is 22.9. The molecule has 116 valence electrons. The molecule has 0 aliphatic heterocycles. The molecule has 22 heavy (non-hydrogen) atoms. The Kier molecular flexibility index (Phi) is 4.60. The Balaban J connectivity index is 2.28. The second-order valence-electron chi connectivity index (χ2n) is 5.16. The molecule has 6 nitrogen and oxygen atoms in total. The third kappa shape index (κ3) is 3.33. The molecule has 1 atom stereocenters. The fraction of sp³-hybridized carbons (Fsp3) is 0.312. The van der Waals surface area contributed by atoms with E-state index in [1.165, 1.54) is 12.1 Å². The molecule has 0 bridgehead atoms. The zero-order chi connectivity index (χ0) is 16.3. The number of amides is 1. The summed E-state index contributed by atoms with van der Waals surface area (Å²) in [5.41, 5.74) is 0.651. The van der Waals surface area contributed by atoms with Crippen LogP contribution in [0.4, 0.5) is 5.69 Å². The standard InChI is InChI=1S/C16H18N2O4/c1-4-13(15-8-6-11(3)22-15)17-16(19)12-9-10(2)5-7-14(12)18(20)21/h5-9,13H,4H2,1-3H3,(H,17,19). The van der Waals surface area contributed by atoms with Crippen molar-refractivity contribution in [3.63, 3.8) is 0 Å². The lowest BCUT2D eigenvalue weighted by molar-refractivity contribution is -0.385. The van der Waals surface area contributed by atoms with Crippen molar-refractivity contribution in [3.8, 4) is 0 Å². The number of nitro groups is 1. The molecule has 1 heterocycles. The summed E-state index contributed by atoms with van der Waals surface area (Å²) in [6.45, 7) is 5.52. The zero-order valence-electron chi connectivity index (χ0n) is 12.8. The first-order valence-electron chi connectivity index (χ1n) is 7.04. The van der Waals surface area contributed by atoms with Crippen LogP contribution in [0.1, 0.15) is 46.8 Å². The van der Waals surface area contributed by atoms with Gasteiger partial charge < -0.3 is 9.73 Å². The Morgan fingerprint density at radius 2 is 2.05 bits per heavy atom. The monoisotopic (exact) mass is 302 g/mol. The number of hydrogen-bond donors (Lipinski definition) is 1. The van der Waals surface area contributed by atoms with Crippen LogP contribution < -0.4 is 5.32 Å². The van der Waals surface area contributed by atoms with Gasteiger partial charge >= 0.3 is 0 Å². The van der Waals surface area contributed by atoms with E-state index in [0.29, 0.717) is 12.2 Å². The molecule has 0 aliphatic carbocycles. The van der Waals surface area contributed by atoms with E-state index < -0.39 is 10.8 Å². The summed E-state index contributed by atoms with van der Waals surface area (Å²) < 4.78 is 5.53. The number of nitrogens with one attached hydrogen (secondary N) is 1. The molecular formula is C16H18N2O4. The van der Waals surface area contributed by atoms with Gasteiger partial charge in [-0.3, -0.25) is 14.9 Å². The summed E-state index contributed by atoms with van der Waals surface area (Å²) >= 11 is 0. The van der Waals surface area contributed by atoms with Crippen molar-refractivity contribution in [1.29, 1.82) is 0 Å². The van der Waals surface area contributed by atoms with Crippen molar-refractivity contribution in [1.82, 2.24) is 5.32 Å². The van der Waals surface area contributed by atoms with E-state index in [1.54, 1.807) is 19.1 Å². The van der Waals surface area contributed by atoms with Crippen LogP contribution in [0.5, 0.6) is 0 Å². The van der Waals surface area contributed by atoms with Crippen LogP contribution in [-0.4, -0.2) is 10.8 Å². The number of carbonyl (C=O) groups is 1. The zero-order valence-corrected chi connectivity index (χ0v) is 12.8. The molecule has 1 aromatic carbocycles. The molecule has 0 spiro atoms. The number of nitro benzene ring substituents is 1. The summed E-state index contributed by atoms with van der Waals surface area (Å²) in [5, 5.41) is 13.9. The lowest BCUT2D eigenvalue weighted by Gasteiger charge is -2.15. The maximum absolute atomic E-state index is 12.4. The van der Waals surface area contributed by atoms with Crippen LogP contribution in [0.25, 0.3) is 0 Å². The predicted octanol–water partition coefficient (Wildman–Crippen LogP) is 3.69. The smallest absolute Gasteiger partial charge is 0.282 e. The average Bonchev–Trinajstić information content (AvgIpc) is 2.90. The van der Waals surface area contributed by atoms with Crippen molar-refractivity contribution >= 4 is 11.6 Å². The molecule has 1 amide bonds. The highest BCUT2D eigenvalue weighted by atomic mass is 16.6. The first-order chi connectivity index (χ1) is 10.4. The SMILES string of the molecule is CCC(NC(=O)c1cc(C)ccc1[N+](=O)[O-])c1ccc(C)o1. The molecule has 0 aliphatic rings. The fourth-order valence-electron chi connectivity index (χ4n) is 2.24. The van der Waals surface area contributed by atoms with Crippen molar-refractivity contribution in [2.75, 3.05) is 0 Å². The molecule has 0 saturated carbocycles. The molecule has 0 saturated heterocycles. The van der Waals surface area contributed by atoms with Gasteiger partial charge in [0.05, 0.1) is 11.0 Å². The molecule has 0 radical (unpaired) electrons. The van der Waals surface area contributed by atoms with Crippen LogP contribution in [0, 0.1) is 24.0 Å². The largest absolute Gasteiger partial charge is 0.464 e. The Morgan fingerprint density at radius 1 is 1.32 bits per heavy atom. The summed E-state index contributed by atoms with van der Waals surface area (Å²) in [7, 11) is 0. The van der Waals surface area contributed by atoms with Crippen molar-refractivity contribution < 1.29 is 14.1 Å². The van der Waals surface area contributed by atoms with Gasteiger partial charge in [-0.15, -0.1) is 0 Å². The number of rotatable bonds is 5. The van der Waals surface area contributed by atoms with E-state index in [9.17, 15) is 14.9 Å². The molecule has 1 aromatic heterocycles. The van der Waals surface area contributed by atoms with Gasteiger partial charge in [-0.2, -0.15) is 0 Å². The predicted molar refractivity (Wildman–Crippen MR) is 81.8 cm³/mol. The average molecular weight is 302 g/mol. The topological polar surface area (TPSA) is 85.4 Å². The lowest BCUT2D eigenvalue weighted by atomic mass is 10.1. The van der Waals surface area contributed by atoms with Crippen LogP contribution >= 0.6 is 0 Å². The molecular weight excluding hydrogens is 284 g/mol. The van der Waals surface area contributed by atoms with E-state index in [0.717, 1.165) is 11.3 Å². The minimum atomic E-state index is -0.549. The minimum Gasteiger partial charge on any atom is -0.464 e. The quantitative estimate of drug-likeness (QED) is 0.674. The van der Waals surface area contributed by atoms with Gasteiger partial charge in [-0.25, -0.2) is 0 Å². The maximum Gasteiger partial charge on any atom is 0.282 e. The molecule has 0 fully saturated rings. The van der Waals surface area contributed by atoms with E-state index >= 15 is 0 Å². The summed E-state index contributed by atoms with van der Waals surface area (Å²) in [6, 6.07) is 7.78. The second kappa shape index (κ2) is 6.43. The highest BCUT2D eigenvalue weighted by molar-refractivity contribution is 5.98. The molecule has 2 aromatic rings. The van der Waals surface area contributed by atoms with Gasteiger partial charge in [-0.05, 0) is 44.0 Å². The van der Waals surface area contributed by atoms with E-state index in [2.05, 4.69) is 5.32 Å². The Morgan fingerprint density at radius 3 is 2.59 bits per heavy atom. The lowest BCUT2D eigenvalue weighted by Crippen LogP contribution is -2.28. The number of nitrogens with zero attached hydrogens (tertiary/aromatic N) is 1. The number of benzene rings is 1. The van der Waals surface area contributed by atoms with Crippen LogP contribution in [-0.2, 0) is 0 Å². The van der Waals surface area contributed by atoms with Gasteiger partial charge in [0.2, 0.25) is 0 Å². The Hall–Kier alpha value is -2.63.